The Balaban J connectivity index is 0.000000858. The van der Waals surface area contributed by atoms with Crippen LogP contribution in [0.5, 0.6) is 0 Å². The molecule has 31 heavy (non-hydrogen) atoms. The molecule has 3 aliphatic rings. The average Bonchev–Trinajstić information content (AvgIpc) is 3.16. The van der Waals surface area contributed by atoms with Gasteiger partial charge in [-0.25, -0.2) is 0 Å². The molecule has 0 spiro atoms. The third kappa shape index (κ3) is 5.56. The molecule has 1 aliphatic carbocycles. The summed E-state index contributed by atoms with van der Waals surface area (Å²) >= 11 is 0. The first-order valence-electron chi connectivity index (χ1n) is 11.1. The molecular weight excluding hydrogens is 396 g/mol. The molecule has 4 atom stereocenters. The van der Waals surface area contributed by atoms with E-state index in [1.54, 1.807) is 0 Å². The Hall–Kier alpha value is -2.16. The van der Waals surface area contributed by atoms with Gasteiger partial charge in [0.2, 0.25) is 0 Å². The summed E-state index contributed by atoms with van der Waals surface area (Å²) in [6.07, 6.45) is 1.57. The lowest BCUT2D eigenvalue weighted by Crippen LogP contribution is -2.55. The number of carboxylic acid groups (broad SMARTS) is 1. The summed E-state index contributed by atoms with van der Waals surface area (Å²) in [5.74, 6) is 1.07. The number of hydrogen-bond acceptors (Lipinski definition) is 6. The van der Waals surface area contributed by atoms with Gasteiger partial charge in [0.15, 0.2) is 0 Å². The summed E-state index contributed by atoms with van der Waals surface area (Å²) in [4.78, 5) is 30.3. The van der Waals surface area contributed by atoms with Crippen LogP contribution in [0.25, 0.3) is 0 Å². The molecule has 1 saturated carbocycles. The predicted octanol–water partition coefficient (Wildman–Crippen LogP) is 0.912. The SMILES string of the molecule is CN1CCN([C@@H]2C[C@@H]3CN(C(=O)c4cccc(N(C)C)c4)C[C@@H]3C[C@H]2O)CC1.O=CO. The van der Waals surface area contributed by atoms with E-state index in [0.717, 1.165) is 63.4 Å². The van der Waals surface area contributed by atoms with Gasteiger partial charge in [0.05, 0.1) is 6.10 Å². The molecule has 8 nitrogen and oxygen atoms in total. The van der Waals surface area contributed by atoms with Crippen LogP contribution in [-0.4, -0.2) is 110 Å². The second kappa shape index (κ2) is 10.4. The van der Waals surface area contributed by atoms with Gasteiger partial charge in [0.25, 0.3) is 12.4 Å². The van der Waals surface area contributed by atoms with Crippen LogP contribution in [0.4, 0.5) is 5.69 Å². The molecule has 0 aromatic heterocycles. The lowest BCUT2D eigenvalue weighted by molar-refractivity contribution is -0.122. The summed E-state index contributed by atoms with van der Waals surface area (Å²) < 4.78 is 0. The molecule has 0 radical (unpaired) electrons. The second-order valence-electron chi connectivity index (χ2n) is 9.23. The standard InChI is InChI=1S/C22H34N4O2.CH2O2/c1-23(2)19-6-4-5-16(11-19)22(28)26-14-17-12-20(21(27)13-18(17)15-26)25-9-7-24(3)8-10-25;2-1-3/h4-6,11,17-18,20-21,27H,7-10,12-15H2,1-3H3;1H,(H,2,3)/t17-,18+,20-,21-;/m1./s1. The van der Waals surface area contributed by atoms with Gasteiger partial charge in [-0.1, -0.05) is 6.07 Å². The number of aliphatic hydroxyl groups excluding tert-OH is 1. The topological polar surface area (TPSA) is 87.6 Å². The van der Waals surface area contributed by atoms with E-state index in [-0.39, 0.29) is 24.5 Å². The monoisotopic (exact) mass is 432 g/mol. The summed E-state index contributed by atoms with van der Waals surface area (Å²) in [7, 11) is 6.15. The average molecular weight is 433 g/mol. The first-order chi connectivity index (χ1) is 14.8. The zero-order chi connectivity index (χ0) is 22.5. The van der Waals surface area contributed by atoms with E-state index < -0.39 is 0 Å². The fourth-order valence-corrected chi connectivity index (χ4v) is 5.22. The molecule has 2 aliphatic heterocycles. The first-order valence-corrected chi connectivity index (χ1v) is 11.1. The van der Waals surface area contributed by atoms with Gasteiger partial charge in [-0.2, -0.15) is 0 Å². The van der Waals surface area contributed by atoms with Gasteiger partial charge in [-0.3, -0.25) is 14.5 Å². The number of rotatable bonds is 3. The number of likely N-dealkylation sites (tertiary alicyclic amines) is 1. The molecule has 3 fully saturated rings. The lowest BCUT2D eigenvalue weighted by Gasteiger charge is -2.44. The van der Waals surface area contributed by atoms with E-state index in [0.29, 0.717) is 11.8 Å². The van der Waals surface area contributed by atoms with E-state index in [1.807, 2.05) is 48.2 Å². The maximum Gasteiger partial charge on any atom is 0.290 e. The molecule has 1 aromatic rings. The Kier molecular flexibility index (Phi) is 7.91. The zero-order valence-corrected chi connectivity index (χ0v) is 18.9. The highest BCUT2D eigenvalue weighted by Gasteiger charge is 2.44. The number of piperazine rings is 1. The number of likely N-dealkylation sites (N-methyl/N-ethyl adjacent to an activating group) is 1. The fourth-order valence-electron chi connectivity index (χ4n) is 5.22. The van der Waals surface area contributed by atoms with E-state index >= 15 is 0 Å². The van der Waals surface area contributed by atoms with Crippen LogP contribution in [-0.2, 0) is 4.79 Å². The minimum atomic E-state index is -0.267. The molecule has 2 heterocycles. The largest absolute Gasteiger partial charge is 0.483 e. The van der Waals surface area contributed by atoms with Crippen molar-refractivity contribution in [3.05, 3.63) is 29.8 Å². The van der Waals surface area contributed by atoms with E-state index in [1.165, 1.54) is 0 Å². The summed E-state index contributed by atoms with van der Waals surface area (Å²) in [6, 6.07) is 8.13. The van der Waals surface area contributed by atoms with Crippen molar-refractivity contribution < 1.29 is 19.8 Å². The van der Waals surface area contributed by atoms with Crippen molar-refractivity contribution in [2.45, 2.75) is 25.0 Å². The maximum atomic E-state index is 13.1. The van der Waals surface area contributed by atoms with Crippen LogP contribution in [0.3, 0.4) is 0 Å². The molecule has 1 aromatic carbocycles. The van der Waals surface area contributed by atoms with Crippen molar-refractivity contribution in [2.24, 2.45) is 11.8 Å². The van der Waals surface area contributed by atoms with Crippen molar-refractivity contribution in [1.29, 1.82) is 0 Å². The van der Waals surface area contributed by atoms with Gasteiger partial charge in [-0.05, 0) is 49.9 Å². The second-order valence-corrected chi connectivity index (χ2v) is 9.23. The number of amides is 1. The Morgan fingerprint density at radius 2 is 1.71 bits per heavy atom. The Morgan fingerprint density at radius 1 is 1.10 bits per heavy atom. The Morgan fingerprint density at radius 3 is 2.32 bits per heavy atom. The smallest absolute Gasteiger partial charge is 0.290 e. The predicted molar refractivity (Wildman–Crippen MR) is 120 cm³/mol. The number of benzene rings is 1. The maximum absolute atomic E-state index is 13.1. The van der Waals surface area contributed by atoms with Crippen LogP contribution >= 0.6 is 0 Å². The van der Waals surface area contributed by atoms with Crippen LogP contribution in [0.15, 0.2) is 24.3 Å². The number of fused-ring (bicyclic) bond motifs is 1. The number of aliphatic hydroxyl groups is 1. The molecule has 1 amide bonds. The van der Waals surface area contributed by atoms with Gasteiger partial charge >= 0.3 is 0 Å². The molecule has 0 unspecified atom stereocenters. The van der Waals surface area contributed by atoms with Crippen LogP contribution in [0.2, 0.25) is 0 Å². The highest BCUT2D eigenvalue weighted by molar-refractivity contribution is 5.95. The Labute approximate surface area is 185 Å². The van der Waals surface area contributed by atoms with Gasteiger partial charge in [-0.15, -0.1) is 0 Å². The number of carbonyl (C=O) groups is 2. The normalized spacial score (nSPS) is 29.0. The van der Waals surface area contributed by atoms with Crippen molar-refractivity contribution in [2.75, 3.05) is 65.3 Å². The van der Waals surface area contributed by atoms with Crippen molar-refractivity contribution in [3.63, 3.8) is 0 Å². The van der Waals surface area contributed by atoms with Crippen molar-refractivity contribution in [3.8, 4) is 0 Å². The van der Waals surface area contributed by atoms with Gasteiger partial charge in [0.1, 0.15) is 0 Å². The third-order valence-corrected chi connectivity index (χ3v) is 7.01. The van der Waals surface area contributed by atoms with E-state index in [9.17, 15) is 9.90 Å². The summed E-state index contributed by atoms with van der Waals surface area (Å²) in [5, 5.41) is 17.7. The molecule has 0 bridgehead atoms. The quantitative estimate of drug-likeness (QED) is 0.687. The van der Waals surface area contributed by atoms with Gasteiger partial charge in [0, 0.05) is 70.7 Å². The highest BCUT2D eigenvalue weighted by atomic mass is 16.3. The molecule has 2 N–H and O–H groups in total. The number of carbonyl (C=O) groups excluding carboxylic acids is 1. The van der Waals surface area contributed by atoms with Crippen molar-refractivity contribution in [1.82, 2.24) is 14.7 Å². The Bertz CT molecular complexity index is 751. The van der Waals surface area contributed by atoms with Gasteiger partial charge < -0.3 is 24.9 Å². The van der Waals surface area contributed by atoms with Crippen LogP contribution in [0.1, 0.15) is 23.2 Å². The number of anilines is 1. The molecule has 8 heteroatoms. The minimum absolute atomic E-state index is 0.128. The first kappa shape index (κ1) is 23.5. The summed E-state index contributed by atoms with van der Waals surface area (Å²) in [5.41, 5.74) is 1.81. The fraction of sp³-hybridized carbons (Fsp3) is 0.652. The minimum Gasteiger partial charge on any atom is -0.483 e. The molecule has 172 valence electrons. The highest BCUT2D eigenvalue weighted by Crippen LogP contribution is 2.39. The third-order valence-electron chi connectivity index (χ3n) is 7.01. The molecule has 2 saturated heterocycles. The molecule has 4 rings (SSSR count). The van der Waals surface area contributed by atoms with Crippen LogP contribution < -0.4 is 4.90 Å². The molecular formula is C23H36N4O4. The van der Waals surface area contributed by atoms with Crippen molar-refractivity contribution >= 4 is 18.1 Å². The number of nitrogens with zero attached hydrogens (tertiary/aromatic N) is 4. The number of hydrogen-bond donors (Lipinski definition) is 2. The van der Waals surface area contributed by atoms with Crippen LogP contribution in [0, 0.1) is 11.8 Å². The lowest BCUT2D eigenvalue weighted by atomic mass is 9.77. The van der Waals surface area contributed by atoms with E-state index in [4.69, 9.17) is 9.90 Å². The van der Waals surface area contributed by atoms with E-state index in [2.05, 4.69) is 16.8 Å². The summed E-state index contributed by atoms with van der Waals surface area (Å²) in [6.45, 7) is 5.58. The zero-order valence-electron chi connectivity index (χ0n) is 18.9.